The Labute approximate surface area is 57.4 Å². The standard InChI is InChI=1S/C8H15O/c1-3-7(2)9-6-8-4-5-8/h7-8H,1,3-6H2,2H3. The normalized spacial score (nSPS) is 22.0. The van der Waals surface area contributed by atoms with E-state index in [1.54, 1.807) is 0 Å². The van der Waals surface area contributed by atoms with Gasteiger partial charge >= 0.3 is 0 Å². The molecule has 1 aliphatic carbocycles. The predicted molar refractivity (Wildman–Crippen MR) is 38.1 cm³/mol. The van der Waals surface area contributed by atoms with Crippen molar-refractivity contribution in [3.8, 4) is 0 Å². The molecule has 1 atom stereocenters. The molecule has 0 aliphatic heterocycles. The summed E-state index contributed by atoms with van der Waals surface area (Å²) in [6, 6.07) is 0. The summed E-state index contributed by atoms with van der Waals surface area (Å²) in [5.74, 6) is 0.888. The summed E-state index contributed by atoms with van der Waals surface area (Å²) in [5.41, 5.74) is 0. The third-order valence-electron chi connectivity index (χ3n) is 1.72. The Morgan fingerprint density at radius 3 is 2.78 bits per heavy atom. The summed E-state index contributed by atoms with van der Waals surface area (Å²) < 4.78 is 5.45. The van der Waals surface area contributed by atoms with Crippen molar-refractivity contribution in [2.24, 2.45) is 5.92 Å². The summed E-state index contributed by atoms with van der Waals surface area (Å²) in [6.07, 6.45) is 4.02. The van der Waals surface area contributed by atoms with Gasteiger partial charge in [-0.2, -0.15) is 0 Å². The van der Waals surface area contributed by atoms with E-state index in [1.165, 1.54) is 12.8 Å². The fourth-order valence-electron chi connectivity index (χ4n) is 0.668. The van der Waals surface area contributed by atoms with E-state index in [-0.39, 0.29) is 0 Å². The molecule has 0 amide bonds. The second kappa shape index (κ2) is 3.21. The van der Waals surface area contributed by atoms with Crippen molar-refractivity contribution >= 4 is 0 Å². The van der Waals surface area contributed by atoms with Gasteiger partial charge in [-0.25, -0.2) is 0 Å². The van der Waals surface area contributed by atoms with Crippen LogP contribution in [-0.2, 0) is 4.74 Å². The molecule has 1 heteroatoms. The lowest BCUT2D eigenvalue weighted by atomic mass is 10.3. The monoisotopic (exact) mass is 127 g/mol. The summed E-state index contributed by atoms with van der Waals surface area (Å²) >= 11 is 0. The summed E-state index contributed by atoms with van der Waals surface area (Å²) in [6.45, 7) is 6.81. The minimum Gasteiger partial charge on any atom is -0.378 e. The highest BCUT2D eigenvalue weighted by atomic mass is 16.5. The molecule has 53 valence electrons. The quantitative estimate of drug-likeness (QED) is 0.561. The summed E-state index contributed by atoms with van der Waals surface area (Å²) in [4.78, 5) is 0. The smallest absolute Gasteiger partial charge is 0.0547 e. The lowest BCUT2D eigenvalue weighted by Gasteiger charge is -2.08. The van der Waals surface area contributed by atoms with E-state index < -0.39 is 0 Å². The van der Waals surface area contributed by atoms with Crippen LogP contribution < -0.4 is 0 Å². The Kier molecular flexibility index (Phi) is 2.52. The van der Waals surface area contributed by atoms with Gasteiger partial charge in [0.25, 0.3) is 0 Å². The van der Waals surface area contributed by atoms with Crippen LogP contribution in [-0.4, -0.2) is 12.7 Å². The Bertz CT molecular complexity index is 76.6. The molecule has 0 heterocycles. The second-order valence-corrected chi connectivity index (χ2v) is 2.88. The van der Waals surface area contributed by atoms with Crippen molar-refractivity contribution in [3.05, 3.63) is 6.92 Å². The van der Waals surface area contributed by atoms with Gasteiger partial charge in [-0.05, 0) is 32.1 Å². The van der Waals surface area contributed by atoms with E-state index in [2.05, 4.69) is 13.8 Å². The maximum Gasteiger partial charge on any atom is 0.0547 e. The molecule has 1 aliphatic rings. The van der Waals surface area contributed by atoms with E-state index in [1.807, 2.05) is 0 Å². The highest BCUT2D eigenvalue weighted by molar-refractivity contribution is 4.72. The van der Waals surface area contributed by atoms with Crippen LogP contribution in [0.2, 0.25) is 0 Å². The summed E-state index contributed by atoms with van der Waals surface area (Å²) in [5, 5.41) is 0. The lowest BCUT2D eigenvalue weighted by molar-refractivity contribution is 0.0600. The Morgan fingerprint density at radius 1 is 1.67 bits per heavy atom. The molecule has 0 aromatic heterocycles. The zero-order valence-electron chi connectivity index (χ0n) is 6.10. The van der Waals surface area contributed by atoms with Crippen molar-refractivity contribution in [2.75, 3.05) is 6.61 Å². The largest absolute Gasteiger partial charge is 0.378 e. The Balaban J connectivity index is 1.90. The molecule has 1 rings (SSSR count). The van der Waals surface area contributed by atoms with E-state index in [0.717, 1.165) is 18.9 Å². The third-order valence-corrected chi connectivity index (χ3v) is 1.72. The summed E-state index contributed by atoms with van der Waals surface area (Å²) in [7, 11) is 0. The average molecular weight is 127 g/mol. The average Bonchev–Trinajstić information content (AvgIpc) is 2.65. The molecule has 1 radical (unpaired) electrons. The first-order chi connectivity index (χ1) is 4.33. The predicted octanol–water partition coefficient (Wildman–Crippen LogP) is 2.03. The van der Waals surface area contributed by atoms with Gasteiger partial charge in [0.1, 0.15) is 0 Å². The van der Waals surface area contributed by atoms with Crippen LogP contribution in [0.5, 0.6) is 0 Å². The van der Waals surface area contributed by atoms with Crippen molar-refractivity contribution < 1.29 is 4.74 Å². The Morgan fingerprint density at radius 2 is 2.33 bits per heavy atom. The van der Waals surface area contributed by atoms with E-state index >= 15 is 0 Å². The zero-order valence-corrected chi connectivity index (χ0v) is 6.10. The van der Waals surface area contributed by atoms with Crippen LogP contribution in [0.4, 0.5) is 0 Å². The first-order valence-corrected chi connectivity index (χ1v) is 3.73. The minimum absolute atomic E-state index is 0.366. The maximum absolute atomic E-state index is 5.45. The van der Waals surface area contributed by atoms with Crippen LogP contribution in [0, 0.1) is 12.8 Å². The molecule has 0 bridgehead atoms. The van der Waals surface area contributed by atoms with Gasteiger partial charge < -0.3 is 4.74 Å². The van der Waals surface area contributed by atoms with E-state index in [9.17, 15) is 0 Å². The Hall–Kier alpha value is -0.0400. The number of hydrogen-bond acceptors (Lipinski definition) is 1. The van der Waals surface area contributed by atoms with Crippen molar-refractivity contribution in [1.82, 2.24) is 0 Å². The molecular weight excluding hydrogens is 112 g/mol. The van der Waals surface area contributed by atoms with Gasteiger partial charge in [-0.3, -0.25) is 0 Å². The molecule has 1 fully saturated rings. The maximum atomic E-state index is 5.45. The molecule has 0 aromatic rings. The van der Waals surface area contributed by atoms with Crippen LogP contribution in [0.3, 0.4) is 0 Å². The molecule has 9 heavy (non-hydrogen) atoms. The van der Waals surface area contributed by atoms with Crippen molar-refractivity contribution in [3.63, 3.8) is 0 Å². The van der Waals surface area contributed by atoms with Gasteiger partial charge in [-0.15, -0.1) is 0 Å². The topological polar surface area (TPSA) is 9.23 Å². The number of hydrogen-bond donors (Lipinski definition) is 0. The van der Waals surface area contributed by atoms with Crippen LogP contribution in [0.25, 0.3) is 0 Å². The fraction of sp³-hybridized carbons (Fsp3) is 0.875. The molecule has 1 nitrogen and oxygen atoms in total. The highest BCUT2D eigenvalue weighted by Crippen LogP contribution is 2.29. The lowest BCUT2D eigenvalue weighted by Crippen LogP contribution is -2.08. The minimum atomic E-state index is 0.366. The van der Waals surface area contributed by atoms with Gasteiger partial charge in [0, 0.05) is 6.61 Å². The highest BCUT2D eigenvalue weighted by Gasteiger charge is 2.21. The van der Waals surface area contributed by atoms with Crippen LogP contribution in [0.1, 0.15) is 26.2 Å². The second-order valence-electron chi connectivity index (χ2n) is 2.88. The number of rotatable bonds is 4. The third kappa shape index (κ3) is 2.85. The van der Waals surface area contributed by atoms with Gasteiger partial charge in [0.05, 0.1) is 6.10 Å². The molecule has 0 aromatic carbocycles. The van der Waals surface area contributed by atoms with Crippen LogP contribution >= 0.6 is 0 Å². The first kappa shape index (κ1) is 7.07. The SMILES string of the molecule is [CH2]CC(C)OCC1CC1. The van der Waals surface area contributed by atoms with Gasteiger partial charge in [0.2, 0.25) is 0 Å². The zero-order chi connectivity index (χ0) is 6.69. The van der Waals surface area contributed by atoms with E-state index in [0.29, 0.717) is 6.10 Å². The molecular formula is C8H15O. The van der Waals surface area contributed by atoms with Crippen LogP contribution in [0.15, 0.2) is 0 Å². The molecule has 1 saturated carbocycles. The molecule has 0 spiro atoms. The van der Waals surface area contributed by atoms with Crippen molar-refractivity contribution in [1.29, 1.82) is 0 Å². The van der Waals surface area contributed by atoms with Crippen molar-refractivity contribution in [2.45, 2.75) is 32.3 Å². The van der Waals surface area contributed by atoms with Gasteiger partial charge in [0.15, 0.2) is 0 Å². The number of ether oxygens (including phenoxy) is 1. The van der Waals surface area contributed by atoms with Gasteiger partial charge in [-0.1, -0.05) is 6.92 Å². The molecule has 0 N–H and O–H groups in total. The first-order valence-electron chi connectivity index (χ1n) is 3.73. The molecule has 1 unspecified atom stereocenters. The van der Waals surface area contributed by atoms with E-state index in [4.69, 9.17) is 4.74 Å². The fourth-order valence-corrected chi connectivity index (χ4v) is 0.668. The molecule has 0 saturated heterocycles.